The van der Waals surface area contributed by atoms with Crippen LogP contribution < -0.4 is 10.2 Å². The second kappa shape index (κ2) is 5.40. The lowest BCUT2D eigenvalue weighted by Gasteiger charge is -2.38. The quantitative estimate of drug-likeness (QED) is 0.886. The Bertz CT molecular complexity index is 666. The van der Waals surface area contributed by atoms with Gasteiger partial charge in [-0.25, -0.2) is 4.39 Å². The fourth-order valence-electron chi connectivity index (χ4n) is 2.86. The summed E-state index contributed by atoms with van der Waals surface area (Å²) in [5, 5.41) is 3.49. The van der Waals surface area contributed by atoms with Gasteiger partial charge in [-0.3, -0.25) is 0 Å². The fourth-order valence-corrected chi connectivity index (χ4v) is 2.86. The van der Waals surface area contributed by atoms with Crippen molar-refractivity contribution < 1.29 is 4.39 Å². The third-order valence-corrected chi connectivity index (χ3v) is 4.28. The Morgan fingerprint density at radius 2 is 1.95 bits per heavy atom. The van der Waals surface area contributed by atoms with Crippen LogP contribution in [0, 0.1) is 19.7 Å². The number of aryl methyl sites for hydroxylation is 2. The minimum Gasteiger partial charge on any atom is -0.381 e. The zero-order chi connectivity index (χ0) is 15.0. The first-order valence-electron chi connectivity index (χ1n) is 7.41. The van der Waals surface area contributed by atoms with Gasteiger partial charge in [0.1, 0.15) is 5.82 Å². The maximum Gasteiger partial charge on any atom is 0.123 e. The Kier molecular flexibility index (Phi) is 3.58. The first kappa shape index (κ1) is 13.9. The molecule has 110 valence electrons. The highest BCUT2D eigenvalue weighted by molar-refractivity contribution is 5.74. The molecular weight excluding hydrogens is 263 g/mol. The molecule has 1 heterocycles. The van der Waals surface area contributed by atoms with Gasteiger partial charge >= 0.3 is 0 Å². The van der Waals surface area contributed by atoms with E-state index in [-0.39, 0.29) is 5.82 Å². The predicted octanol–water partition coefficient (Wildman–Crippen LogP) is 4.26. The van der Waals surface area contributed by atoms with Gasteiger partial charge < -0.3 is 10.2 Å². The summed E-state index contributed by atoms with van der Waals surface area (Å²) in [6, 6.07) is 11.7. The lowest BCUT2D eigenvalue weighted by molar-refractivity contribution is 0.615. The molecule has 2 nitrogen and oxygen atoms in total. The molecule has 3 rings (SSSR count). The van der Waals surface area contributed by atoms with E-state index < -0.39 is 0 Å². The summed E-state index contributed by atoms with van der Waals surface area (Å²) < 4.78 is 13.4. The van der Waals surface area contributed by atoms with Gasteiger partial charge in [-0.2, -0.15) is 0 Å². The fraction of sp³-hybridized carbons (Fsp3) is 0.333. The van der Waals surface area contributed by atoms with Crippen LogP contribution in [0.4, 0.5) is 15.8 Å². The molecule has 3 heteroatoms. The Balaban J connectivity index is 1.97. The van der Waals surface area contributed by atoms with Crippen molar-refractivity contribution in [3.8, 4) is 0 Å². The average molecular weight is 284 g/mol. The molecule has 0 radical (unpaired) electrons. The first-order chi connectivity index (χ1) is 10.0. The summed E-state index contributed by atoms with van der Waals surface area (Å²) in [6.45, 7) is 8.10. The van der Waals surface area contributed by atoms with Crippen LogP contribution in [0.3, 0.4) is 0 Å². The smallest absolute Gasteiger partial charge is 0.123 e. The second-order valence-corrected chi connectivity index (χ2v) is 5.94. The zero-order valence-corrected chi connectivity index (χ0v) is 12.8. The van der Waals surface area contributed by atoms with E-state index in [0.29, 0.717) is 6.04 Å². The highest BCUT2D eigenvalue weighted by atomic mass is 19.1. The van der Waals surface area contributed by atoms with Gasteiger partial charge in [0, 0.05) is 19.1 Å². The van der Waals surface area contributed by atoms with E-state index in [1.807, 2.05) is 6.07 Å². The molecule has 0 bridgehead atoms. The third-order valence-electron chi connectivity index (χ3n) is 4.28. The Hall–Kier alpha value is -2.03. The largest absolute Gasteiger partial charge is 0.381 e. The topological polar surface area (TPSA) is 15.3 Å². The monoisotopic (exact) mass is 284 g/mol. The van der Waals surface area contributed by atoms with Gasteiger partial charge in [0.25, 0.3) is 0 Å². The third kappa shape index (κ3) is 2.73. The number of hydrogen-bond acceptors (Lipinski definition) is 2. The van der Waals surface area contributed by atoms with E-state index in [1.54, 1.807) is 12.1 Å². The van der Waals surface area contributed by atoms with E-state index in [2.05, 4.69) is 43.1 Å². The molecule has 0 fully saturated rings. The van der Waals surface area contributed by atoms with Gasteiger partial charge in [-0.15, -0.1) is 0 Å². The van der Waals surface area contributed by atoms with Crippen LogP contribution in [0.15, 0.2) is 36.4 Å². The van der Waals surface area contributed by atoms with E-state index in [9.17, 15) is 4.39 Å². The molecule has 0 aliphatic carbocycles. The predicted molar refractivity (Wildman–Crippen MR) is 86.5 cm³/mol. The molecule has 0 aromatic heterocycles. The van der Waals surface area contributed by atoms with Crippen LogP contribution in [0.5, 0.6) is 0 Å². The maximum atomic E-state index is 13.4. The Morgan fingerprint density at radius 1 is 1.19 bits per heavy atom. The Labute approximate surface area is 125 Å². The van der Waals surface area contributed by atoms with Crippen molar-refractivity contribution in [2.75, 3.05) is 16.8 Å². The molecule has 1 aliphatic heterocycles. The van der Waals surface area contributed by atoms with Crippen molar-refractivity contribution in [2.24, 2.45) is 0 Å². The second-order valence-electron chi connectivity index (χ2n) is 5.94. The SMILES string of the molecule is Cc1cc2c(cc1C)N(Cc1cccc(F)c1)C(C)CN2. The van der Waals surface area contributed by atoms with E-state index in [1.165, 1.54) is 28.6 Å². The van der Waals surface area contributed by atoms with Crippen molar-refractivity contribution in [3.63, 3.8) is 0 Å². The summed E-state index contributed by atoms with van der Waals surface area (Å²) in [5.74, 6) is -0.171. The molecule has 0 spiro atoms. The van der Waals surface area contributed by atoms with Gasteiger partial charge in [-0.1, -0.05) is 12.1 Å². The van der Waals surface area contributed by atoms with E-state index >= 15 is 0 Å². The Morgan fingerprint density at radius 3 is 2.71 bits per heavy atom. The van der Waals surface area contributed by atoms with Crippen LogP contribution >= 0.6 is 0 Å². The maximum absolute atomic E-state index is 13.4. The van der Waals surface area contributed by atoms with Crippen LogP contribution in [-0.4, -0.2) is 12.6 Å². The number of benzene rings is 2. The van der Waals surface area contributed by atoms with Crippen LogP contribution in [0.1, 0.15) is 23.6 Å². The molecule has 1 unspecified atom stereocenters. The number of nitrogens with zero attached hydrogens (tertiary/aromatic N) is 1. The summed E-state index contributed by atoms with van der Waals surface area (Å²) in [7, 11) is 0. The zero-order valence-electron chi connectivity index (χ0n) is 12.8. The molecule has 0 saturated heterocycles. The molecular formula is C18H21FN2. The van der Waals surface area contributed by atoms with Crippen molar-refractivity contribution in [1.82, 2.24) is 0 Å². The summed E-state index contributed by atoms with van der Waals surface area (Å²) in [4.78, 5) is 2.35. The molecule has 0 amide bonds. The number of rotatable bonds is 2. The van der Waals surface area contributed by atoms with Crippen LogP contribution in [0.2, 0.25) is 0 Å². The number of fused-ring (bicyclic) bond motifs is 1. The van der Waals surface area contributed by atoms with Crippen molar-refractivity contribution in [1.29, 1.82) is 0 Å². The van der Waals surface area contributed by atoms with Crippen LogP contribution in [0.25, 0.3) is 0 Å². The molecule has 1 N–H and O–H groups in total. The van der Waals surface area contributed by atoms with E-state index in [4.69, 9.17) is 0 Å². The molecule has 2 aromatic rings. The lowest BCUT2D eigenvalue weighted by atomic mass is 10.0. The first-order valence-corrected chi connectivity index (χ1v) is 7.41. The normalized spacial score (nSPS) is 17.3. The summed E-state index contributed by atoms with van der Waals surface area (Å²) in [5.41, 5.74) is 5.97. The molecule has 0 saturated carbocycles. The highest BCUT2D eigenvalue weighted by Crippen LogP contribution is 2.35. The highest BCUT2D eigenvalue weighted by Gasteiger charge is 2.23. The van der Waals surface area contributed by atoms with Crippen molar-refractivity contribution in [3.05, 3.63) is 58.9 Å². The number of nitrogens with one attached hydrogen (secondary N) is 1. The van der Waals surface area contributed by atoms with Gasteiger partial charge in [-0.05, 0) is 61.7 Å². The van der Waals surface area contributed by atoms with Gasteiger partial charge in [0.05, 0.1) is 11.4 Å². The standard InChI is InChI=1S/C18H21FN2/c1-12-7-17-18(8-13(12)2)21(14(3)10-20-17)11-15-5-4-6-16(19)9-15/h4-9,14,20H,10-11H2,1-3H3. The number of hydrogen-bond donors (Lipinski definition) is 1. The molecule has 2 aromatic carbocycles. The molecule has 1 atom stereocenters. The summed E-state index contributed by atoms with van der Waals surface area (Å²) in [6.07, 6.45) is 0. The lowest BCUT2D eigenvalue weighted by Crippen LogP contribution is -2.41. The van der Waals surface area contributed by atoms with Gasteiger partial charge in [0.15, 0.2) is 0 Å². The number of anilines is 2. The molecule has 21 heavy (non-hydrogen) atoms. The summed E-state index contributed by atoms with van der Waals surface area (Å²) >= 11 is 0. The number of halogens is 1. The van der Waals surface area contributed by atoms with Crippen LogP contribution in [-0.2, 0) is 6.54 Å². The van der Waals surface area contributed by atoms with E-state index in [0.717, 1.165) is 18.7 Å². The van der Waals surface area contributed by atoms with Gasteiger partial charge in [0.2, 0.25) is 0 Å². The average Bonchev–Trinajstić information content (AvgIpc) is 2.44. The minimum atomic E-state index is -0.171. The van der Waals surface area contributed by atoms with Crippen molar-refractivity contribution >= 4 is 11.4 Å². The minimum absolute atomic E-state index is 0.171. The van der Waals surface area contributed by atoms with Crippen molar-refractivity contribution in [2.45, 2.75) is 33.4 Å². The molecule has 1 aliphatic rings.